The number of rotatable bonds is 6. The van der Waals surface area contributed by atoms with Crippen molar-refractivity contribution in [1.29, 1.82) is 0 Å². The Morgan fingerprint density at radius 2 is 1.87 bits per heavy atom. The maximum Gasteiger partial charge on any atom is 0.326 e. The first-order valence-corrected chi connectivity index (χ1v) is 7.78. The molecule has 23 heavy (non-hydrogen) atoms. The molecule has 0 fully saturated rings. The summed E-state index contributed by atoms with van der Waals surface area (Å²) in [6.45, 7) is 11.5. The van der Waals surface area contributed by atoms with Gasteiger partial charge in [0.1, 0.15) is 11.8 Å². The molecule has 0 saturated carbocycles. The lowest BCUT2D eigenvalue weighted by atomic mass is 9.85. The van der Waals surface area contributed by atoms with Crippen LogP contribution in [0.3, 0.4) is 0 Å². The smallest absolute Gasteiger partial charge is 0.326 e. The van der Waals surface area contributed by atoms with E-state index in [9.17, 15) is 9.59 Å². The molecule has 0 bridgehead atoms. The van der Waals surface area contributed by atoms with Gasteiger partial charge in [-0.15, -0.1) is 0 Å². The van der Waals surface area contributed by atoms with Crippen LogP contribution in [0.15, 0.2) is 18.2 Å². The zero-order chi connectivity index (χ0) is 17.8. The second kappa shape index (κ2) is 7.49. The lowest BCUT2D eigenvalue weighted by Gasteiger charge is -2.24. The molecule has 5 nitrogen and oxygen atoms in total. The molecule has 0 aliphatic carbocycles. The molecule has 5 heteroatoms. The second-order valence-electron chi connectivity index (χ2n) is 7.17. The van der Waals surface area contributed by atoms with Crippen molar-refractivity contribution >= 4 is 11.9 Å². The summed E-state index contributed by atoms with van der Waals surface area (Å²) in [5.41, 5.74) is 2.03. The molecule has 0 radical (unpaired) electrons. The van der Waals surface area contributed by atoms with Crippen molar-refractivity contribution in [3.05, 3.63) is 29.3 Å². The highest BCUT2D eigenvalue weighted by Gasteiger charge is 2.24. The van der Waals surface area contributed by atoms with Crippen LogP contribution in [0.25, 0.3) is 0 Å². The van der Waals surface area contributed by atoms with E-state index in [1.54, 1.807) is 13.8 Å². The van der Waals surface area contributed by atoms with Gasteiger partial charge in [0.15, 0.2) is 6.61 Å². The SMILES string of the molecule is Cc1ccc(OCC(=O)NC(C(=O)O)C(C)C)c(C(C)(C)C)c1. The zero-order valence-corrected chi connectivity index (χ0v) is 14.8. The van der Waals surface area contributed by atoms with Gasteiger partial charge in [-0.25, -0.2) is 4.79 Å². The first kappa shape index (κ1) is 19.0. The average molecular weight is 321 g/mol. The van der Waals surface area contributed by atoms with Gasteiger partial charge >= 0.3 is 5.97 Å². The van der Waals surface area contributed by atoms with Gasteiger partial charge in [0.25, 0.3) is 5.91 Å². The van der Waals surface area contributed by atoms with E-state index in [1.807, 2.05) is 25.1 Å². The summed E-state index contributed by atoms with van der Waals surface area (Å²) < 4.78 is 5.64. The van der Waals surface area contributed by atoms with Crippen molar-refractivity contribution in [1.82, 2.24) is 5.32 Å². The van der Waals surface area contributed by atoms with E-state index in [1.165, 1.54) is 0 Å². The lowest BCUT2D eigenvalue weighted by molar-refractivity contribution is -0.143. The number of aliphatic carboxylic acids is 1. The van der Waals surface area contributed by atoms with Gasteiger partial charge in [-0.2, -0.15) is 0 Å². The first-order chi connectivity index (χ1) is 10.5. The van der Waals surface area contributed by atoms with Gasteiger partial charge in [-0.3, -0.25) is 4.79 Å². The van der Waals surface area contributed by atoms with E-state index >= 15 is 0 Å². The highest BCUT2D eigenvalue weighted by molar-refractivity contribution is 5.84. The standard InChI is InChI=1S/C18H27NO4/c1-11(2)16(17(21)22)19-15(20)10-23-14-8-7-12(3)9-13(14)18(4,5)6/h7-9,11,16H,10H2,1-6H3,(H,19,20)(H,21,22). The van der Waals surface area contributed by atoms with E-state index in [2.05, 4.69) is 26.1 Å². The van der Waals surface area contributed by atoms with Crippen LogP contribution in [0.1, 0.15) is 45.7 Å². The van der Waals surface area contributed by atoms with Gasteiger partial charge in [-0.05, 0) is 29.9 Å². The van der Waals surface area contributed by atoms with E-state index in [0.29, 0.717) is 5.75 Å². The molecule has 0 aliphatic heterocycles. The summed E-state index contributed by atoms with van der Waals surface area (Å²) in [5.74, 6) is -1.03. The summed E-state index contributed by atoms with van der Waals surface area (Å²) in [6, 6.07) is 4.91. The van der Waals surface area contributed by atoms with Crippen LogP contribution in [0, 0.1) is 12.8 Å². The number of ether oxygens (including phenoxy) is 1. The van der Waals surface area contributed by atoms with E-state index in [0.717, 1.165) is 11.1 Å². The second-order valence-corrected chi connectivity index (χ2v) is 7.17. The predicted molar refractivity (Wildman–Crippen MR) is 89.8 cm³/mol. The molecule has 1 unspecified atom stereocenters. The number of nitrogens with one attached hydrogen (secondary N) is 1. The van der Waals surface area contributed by atoms with Crippen LogP contribution in [0.5, 0.6) is 5.75 Å². The summed E-state index contributed by atoms with van der Waals surface area (Å²) in [4.78, 5) is 23.1. The number of hydrogen-bond donors (Lipinski definition) is 2. The molecular formula is C18H27NO4. The molecule has 1 amide bonds. The molecule has 1 rings (SSSR count). The summed E-state index contributed by atoms with van der Waals surface area (Å²) in [7, 11) is 0. The largest absolute Gasteiger partial charge is 0.483 e. The lowest BCUT2D eigenvalue weighted by Crippen LogP contribution is -2.46. The minimum Gasteiger partial charge on any atom is -0.483 e. The fraction of sp³-hybridized carbons (Fsp3) is 0.556. The van der Waals surface area contributed by atoms with Crippen LogP contribution >= 0.6 is 0 Å². The fourth-order valence-electron chi connectivity index (χ4n) is 2.23. The van der Waals surface area contributed by atoms with Crippen LogP contribution in [-0.4, -0.2) is 29.6 Å². The molecule has 0 saturated heterocycles. The van der Waals surface area contributed by atoms with Crippen molar-refractivity contribution in [2.45, 2.75) is 53.0 Å². The fourth-order valence-corrected chi connectivity index (χ4v) is 2.23. The Morgan fingerprint density at radius 3 is 2.35 bits per heavy atom. The molecule has 0 spiro atoms. The van der Waals surface area contributed by atoms with Crippen molar-refractivity contribution in [3.63, 3.8) is 0 Å². The van der Waals surface area contributed by atoms with Crippen molar-refractivity contribution in [2.24, 2.45) is 5.92 Å². The van der Waals surface area contributed by atoms with Crippen LogP contribution in [-0.2, 0) is 15.0 Å². The Balaban J connectivity index is 2.79. The summed E-state index contributed by atoms with van der Waals surface area (Å²) >= 11 is 0. The van der Waals surface area contributed by atoms with Gasteiger partial charge in [0.05, 0.1) is 0 Å². The van der Waals surface area contributed by atoms with Crippen molar-refractivity contribution < 1.29 is 19.4 Å². The molecule has 128 valence electrons. The third kappa shape index (κ3) is 5.58. The molecule has 1 aromatic rings. The van der Waals surface area contributed by atoms with Crippen molar-refractivity contribution in [3.8, 4) is 5.75 Å². The molecule has 1 atom stereocenters. The maximum absolute atomic E-state index is 12.0. The number of amides is 1. The average Bonchev–Trinajstić information content (AvgIpc) is 2.41. The Bertz CT molecular complexity index is 573. The molecular weight excluding hydrogens is 294 g/mol. The Morgan fingerprint density at radius 1 is 1.26 bits per heavy atom. The van der Waals surface area contributed by atoms with E-state index in [-0.39, 0.29) is 17.9 Å². The first-order valence-electron chi connectivity index (χ1n) is 7.78. The summed E-state index contributed by atoms with van der Waals surface area (Å²) in [5, 5.41) is 11.6. The normalized spacial score (nSPS) is 12.8. The topological polar surface area (TPSA) is 75.6 Å². The molecule has 1 aromatic carbocycles. The number of benzene rings is 1. The Labute approximate surface area is 138 Å². The molecule has 0 aliphatic rings. The van der Waals surface area contributed by atoms with Gasteiger partial charge < -0.3 is 15.2 Å². The third-order valence-corrected chi connectivity index (χ3v) is 3.55. The molecule has 2 N–H and O–H groups in total. The Kier molecular flexibility index (Phi) is 6.19. The maximum atomic E-state index is 12.0. The zero-order valence-electron chi connectivity index (χ0n) is 14.8. The van der Waals surface area contributed by atoms with Gasteiger partial charge in [-0.1, -0.05) is 52.3 Å². The Hall–Kier alpha value is -2.04. The number of hydrogen-bond acceptors (Lipinski definition) is 3. The quantitative estimate of drug-likeness (QED) is 0.845. The van der Waals surface area contributed by atoms with E-state index in [4.69, 9.17) is 9.84 Å². The minimum atomic E-state index is -1.04. The van der Waals surface area contributed by atoms with Crippen LogP contribution < -0.4 is 10.1 Å². The monoisotopic (exact) mass is 321 g/mol. The number of carbonyl (C=O) groups is 2. The van der Waals surface area contributed by atoms with E-state index < -0.39 is 17.9 Å². The van der Waals surface area contributed by atoms with Crippen LogP contribution in [0.2, 0.25) is 0 Å². The highest BCUT2D eigenvalue weighted by Crippen LogP contribution is 2.32. The predicted octanol–water partition coefficient (Wildman–Crippen LogP) is 2.90. The van der Waals surface area contributed by atoms with Gasteiger partial charge in [0.2, 0.25) is 0 Å². The molecule has 0 heterocycles. The number of carboxylic acid groups (broad SMARTS) is 1. The number of carboxylic acids is 1. The third-order valence-electron chi connectivity index (χ3n) is 3.55. The van der Waals surface area contributed by atoms with Crippen LogP contribution in [0.4, 0.5) is 0 Å². The van der Waals surface area contributed by atoms with Crippen molar-refractivity contribution in [2.75, 3.05) is 6.61 Å². The summed E-state index contributed by atoms with van der Waals surface area (Å²) in [6.07, 6.45) is 0. The molecule has 0 aromatic heterocycles. The number of carbonyl (C=O) groups excluding carboxylic acids is 1. The van der Waals surface area contributed by atoms with Gasteiger partial charge in [0, 0.05) is 0 Å². The minimum absolute atomic E-state index is 0.112. The number of aryl methyl sites for hydroxylation is 1. The highest BCUT2D eigenvalue weighted by atomic mass is 16.5.